The normalized spacial score (nSPS) is 40.6. The quantitative estimate of drug-likeness (QED) is 0.572. The molecule has 5 atom stereocenters. The number of ether oxygens (including phenoxy) is 1. The van der Waals surface area contributed by atoms with E-state index in [9.17, 15) is 26.9 Å². The number of amides is 2. The molecule has 2 fully saturated rings. The molecule has 13 heteroatoms. The maximum atomic E-state index is 14.9. The van der Waals surface area contributed by atoms with E-state index in [1.54, 1.807) is 0 Å². The van der Waals surface area contributed by atoms with Gasteiger partial charge < -0.3 is 10.1 Å². The van der Waals surface area contributed by atoms with Crippen LogP contribution >= 0.6 is 7.82 Å². The minimum Gasteiger partial charge on any atom is -0.337 e. The molecule has 0 aromatic carbocycles. The summed E-state index contributed by atoms with van der Waals surface area (Å²) in [4.78, 5) is 12.3. The van der Waals surface area contributed by atoms with Crippen LogP contribution in [0.15, 0.2) is 12.0 Å². The number of hydrogen-bond acceptors (Lipinski definition) is 6. The van der Waals surface area contributed by atoms with Crippen molar-refractivity contribution in [1.82, 2.24) is 10.2 Å². The molecule has 26 heavy (non-hydrogen) atoms. The molecule has 3 rings (SSSR count). The van der Waals surface area contributed by atoms with Crippen molar-refractivity contribution in [1.29, 1.82) is 0 Å². The molecule has 2 saturated heterocycles. The number of nitrogens with one attached hydrogen (secondary N) is 1. The van der Waals surface area contributed by atoms with Gasteiger partial charge in [0.1, 0.15) is 11.9 Å². The van der Waals surface area contributed by atoms with Crippen molar-refractivity contribution in [2.75, 3.05) is 13.2 Å². The van der Waals surface area contributed by atoms with Crippen molar-refractivity contribution in [2.24, 2.45) is 0 Å². The van der Waals surface area contributed by atoms with Crippen LogP contribution in [0.4, 0.5) is 22.4 Å². The number of phosphoric ester groups is 1. The van der Waals surface area contributed by atoms with E-state index in [-0.39, 0.29) is 0 Å². The Morgan fingerprint density at radius 2 is 2.15 bits per heavy atom. The van der Waals surface area contributed by atoms with Gasteiger partial charge in [0.25, 0.3) is 6.43 Å². The number of halogens is 4. The molecule has 8 nitrogen and oxygen atoms in total. The molecule has 1 unspecified atom stereocenters. The van der Waals surface area contributed by atoms with Crippen LogP contribution in [0.5, 0.6) is 0 Å². The molecule has 0 aliphatic carbocycles. The summed E-state index contributed by atoms with van der Waals surface area (Å²) in [6.07, 6.45) is -9.63. The summed E-state index contributed by atoms with van der Waals surface area (Å²) < 4.78 is 87.9. The Morgan fingerprint density at radius 3 is 2.77 bits per heavy atom. The molecule has 3 aliphatic heterocycles. The van der Waals surface area contributed by atoms with Gasteiger partial charge in [-0.25, -0.2) is 26.9 Å². The molecule has 2 amide bonds. The second kappa shape index (κ2) is 6.75. The van der Waals surface area contributed by atoms with Crippen LogP contribution in [0.1, 0.15) is 13.8 Å². The van der Waals surface area contributed by atoms with Crippen molar-refractivity contribution in [3.05, 3.63) is 12.0 Å². The summed E-state index contributed by atoms with van der Waals surface area (Å²) in [6, 6.07) is -0.940. The SMILES string of the molecule is CC(C)OP1(=O)OC[C@@]2(C(F)F)O[C@@H](N3C=C(F)CNC3=O)[C@@H](F)[C@@H]2O1. The van der Waals surface area contributed by atoms with Gasteiger partial charge in [0.15, 0.2) is 18.0 Å². The van der Waals surface area contributed by atoms with Crippen molar-refractivity contribution in [3.8, 4) is 0 Å². The number of alkyl halides is 3. The number of hydrogen-bond donors (Lipinski definition) is 1. The summed E-state index contributed by atoms with van der Waals surface area (Å²) in [6.45, 7) is 1.58. The van der Waals surface area contributed by atoms with Gasteiger partial charge >= 0.3 is 13.9 Å². The van der Waals surface area contributed by atoms with Crippen LogP contribution in [0.25, 0.3) is 0 Å². The van der Waals surface area contributed by atoms with Gasteiger partial charge in [-0.2, -0.15) is 0 Å². The van der Waals surface area contributed by atoms with Gasteiger partial charge in [0, 0.05) is 6.20 Å². The Labute approximate surface area is 146 Å². The molecule has 3 heterocycles. The highest BCUT2D eigenvalue weighted by atomic mass is 31.2. The van der Waals surface area contributed by atoms with E-state index in [0.717, 1.165) is 0 Å². The zero-order valence-electron chi connectivity index (χ0n) is 13.7. The minimum atomic E-state index is -4.32. The summed E-state index contributed by atoms with van der Waals surface area (Å²) in [7, 11) is -4.32. The molecule has 0 aromatic rings. The summed E-state index contributed by atoms with van der Waals surface area (Å²) >= 11 is 0. The largest absolute Gasteiger partial charge is 0.475 e. The predicted octanol–water partition coefficient (Wildman–Crippen LogP) is 2.47. The fourth-order valence-electron chi connectivity index (χ4n) is 2.85. The Kier molecular flexibility index (Phi) is 5.08. The van der Waals surface area contributed by atoms with E-state index in [1.165, 1.54) is 13.8 Å². The third-order valence-corrected chi connectivity index (χ3v) is 5.59. The lowest BCUT2D eigenvalue weighted by atomic mass is 9.97. The number of nitrogens with zero attached hydrogens (tertiary/aromatic N) is 1. The average Bonchev–Trinajstić information content (AvgIpc) is 2.83. The average molecular weight is 404 g/mol. The molecular formula is C13H17F4N2O6P. The maximum absolute atomic E-state index is 14.9. The lowest BCUT2D eigenvalue weighted by molar-refractivity contribution is -0.209. The number of carbonyl (C=O) groups is 1. The molecule has 0 radical (unpaired) electrons. The smallest absolute Gasteiger partial charge is 0.337 e. The van der Waals surface area contributed by atoms with Crippen LogP contribution in [0.3, 0.4) is 0 Å². The molecule has 148 valence electrons. The van der Waals surface area contributed by atoms with Crippen LogP contribution in [0, 0.1) is 0 Å². The monoisotopic (exact) mass is 404 g/mol. The van der Waals surface area contributed by atoms with E-state index in [0.29, 0.717) is 11.1 Å². The number of rotatable bonds is 4. The third kappa shape index (κ3) is 3.24. The molecular weight excluding hydrogens is 387 g/mol. The molecule has 0 bridgehead atoms. The van der Waals surface area contributed by atoms with Crippen molar-refractivity contribution >= 4 is 13.9 Å². The number of carbonyl (C=O) groups excluding carboxylic acids is 1. The predicted molar refractivity (Wildman–Crippen MR) is 77.6 cm³/mol. The molecule has 0 aromatic heterocycles. The summed E-state index contributed by atoms with van der Waals surface area (Å²) in [5.41, 5.74) is -2.62. The highest BCUT2D eigenvalue weighted by Gasteiger charge is 2.68. The van der Waals surface area contributed by atoms with Crippen LogP contribution < -0.4 is 5.32 Å². The zero-order chi connectivity index (χ0) is 19.3. The lowest BCUT2D eigenvalue weighted by Gasteiger charge is -2.39. The second-order valence-corrected chi connectivity index (χ2v) is 7.83. The van der Waals surface area contributed by atoms with Crippen LogP contribution in [-0.2, 0) is 22.9 Å². The van der Waals surface area contributed by atoms with Crippen molar-refractivity contribution < 1.29 is 45.2 Å². The van der Waals surface area contributed by atoms with Crippen molar-refractivity contribution in [3.63, 3.8) is 0 Å². The summed E-state index contributed by atoms with van der Waals surface area (Å²) in [5, 5.41) is 2.10. The Hall–Kier alpha value is -1.20. The highest BCUT2D eigenvalue weighted by molar-refractivity contribution is 7.48. The molecule has 0 saturated carbocycles. The Morgan fingerprint density at radius 1 is 1.46 bits per heavy atom. The Bertz CT molecular complexity index is 665. The van der Waals surface area contributed by atoms with Gasteiger partial charge in [0.05, 0.1) is 19.3 Å². The minimum absolute atomic E-state index is 0.417. The van der Waals surface area contributed by atoms with Gasteiger partial charge in [-0.05, 0) is 13.8 Å². The van der Waals surface area contributed by atoms with Crippen LogP contribution in [-0.4, -0.2) is 60.7 Å². The number of phosphoric acid groups is 1. The first-order valence-corrected chi connectivity index (χ1v) is 9.18. The van der Waals surface area contributed by atoms with Gasteiger partial charge in [-0.15, -0.1) is 0 Å². The first-order valence-electron chi connectivity index (χ1n) is 7.72. The molecule has 0 spiro atoms. The molecule has 3 aliphatic rings. The maximum Gasteiger partial charge on any atom is 0.475 e. The van der Waals surface area contributed by atoms with E-state index in [2.05, 4.69) is 5.32 Å². The van der Waals surface area contributed by atoms with Crippen molar-refractivity contribution in [2.45, 2.75) is 50.5 Å². The fourth-order valence-corrected chi connectivity index (χ4v) is 4.47. The topological polar surface area (TPSA) is 86.3 Å². The van der Waals surface area contributed by atoms with E-state index < -0.39 is 69.5 Å². The summed E-state index contributed by atoms with van der Waals surface area (Å²) in [5.74, 6) is -0.827. The van der Waals surface area contributed by atoms with Crippen LogP contribution in [0.2, 0.25) is 0 Å². The first-order chi connectivity index (χ1) is 12.1. The molecule has 1 N–H and O–H groups in total. The van der Waals surface area contributed by atoms with Gasteiger partial charge in [0.2, 0.25) is 0 Å². The van der Waals surface area contributed by atoms with Gasteiger partial charge in [-0.1, -0.05) is 0 Å². The van der Waals surface area contributed by atoms with E-state index >= 15 is 0 Å². The lowest BCUT2D eigenvalue weighted by Crippen LogP contribution is -2.55. The second-order valence-electron chi connectivity index (χ2n) is 6.25. The first kappa shape index (κ1) is 19.6. The van der Waals surface area contributed by atoms with Gasteiger partial charge in [-0.3, -0.25) is 18.5 Å². The Balaban J connectivity index is 1.91. The fraction of sp³-hybridized carbons (Fsp3) is 0.769. The zero-order valence-corrected chi connectivity index (χ0v) is 14.6. The standard InChI is InChI=1S/C13H17F4N2O6P/c1-6(2)24-26(21)22-5-13(11(16)17)9(25-26)8(15)10(23-13)19-4-7(14)3-18-12(19)20/h4,6,8-11H,3,5H2,1-2H3,(H,18,20)/t8-,9-,10+,13+,26?/m0/s1. The van der Waals surface area contributed by atoms with E-state index in [4.69, 9.17) is 18.3 Å². The number of fused-ring (bicyclic) bond motifs is 1. The number of urea groups is 1. The third-order valence-electron chi connectivity index (χ3n) is 3.98. The van der Waals surface area contributed by atoms with E-state index in [1.807, 2.05) is 0 Å². The highest BCUT2D eigenvalue weighted by Crippen LogP contribution is 2.60.